The standard InChI is InChI=1S/C18H16BrClN2O2/c19-14-5-7-15(8-6-14)22-11-13(9-17(22)23)18(24)21-10-12-3-1-2-4-16(12)20/h1-8,13H,9-11H2,(H,21,24)/t13-/m0/s1. The molecule has 3 rings (SSSR count). The molecule has 0 radical (unpaired) electrons. The number of rotatable bonds is 4. The van der Waals surface area contributed by atoms with Crippen molar-refractivity contribution in [1.29, 1.82) is 0 Å². The second kappa shape index (κ2) is 7.36. The number of hydrogen-bond acceptors (Lipinski definition) is 2. The molecule has 24 heavy (non-hydrogen) atoms. The van der Waals surface area contributed by atoms with Gasteiger partial charge in [-0.05, 0) is 35.9 Å². The lowest BCUT2D eigenvalue weighted by molar-refractivity contribution is -0.126. The molecule has 2 amide bonds. The number of amides is 2. The fourth-order valence-electron chi connectivity index (χ4n) is 2.72. The predicted octanol–water partition coefficient (Wildman–Crippen LogP) is 3.77. The third-order valence-corrected chi connectivity index (χ3v) is 4.94. The van der Waals surface area contributed by atoms with E-state index in [-0.39, 0.29) is 24.2 Å². The van der Waals surface area contributed by atoms with Crippen molar-refractivity contribution in [3.63, 3.8) is 0 Å². The van der Waals surface area contributed by atoms with Crippen LogP contribution in [0.5, 0.6) is 0 Å². The van der Waals surface area contributed by atoms with Crippen molar-refractivity contribution in [2.75, 3.05) is 11.4 Å². The molecule has 1 N–H and O–H groups in total. The Bertz CT molecular complexity index is 764. The van der Waals surface area contributed by atoms with Crippen LogP contribution in [0.4, 0.5) is 5.69 Å². The Kier molecular flexibility index (Phi) is 5.21. The van der Waals surface area contributed by atoms with E-state index in [1.807, 2.05) is 42.5 Å². The van der Waals surface area contributed by atoms with Crippen molar-refractivity contribution in [3.05, 3.63) is 63.6 Å². The molecule has 124 valence electrons. The van der Waals surface area contributed by atoms with Crippen molar-refractivity contribution >= 4 is 45.0 Å². The zero-order valence-electron chi connectivity index (χ0n) is 12.8. The normalized spacial score (nSPS) is 17.2. The zero-order chi connectivity index (χ0) is 17.1. The van der Waals surface area contributed by atoms with Gasteiger partial charge < -0.3 is 10.2 Å². The van der Waals surface area contributed by atoms with Crippen LogP contribution in [-0.4, -0.2) is 18.4 Å². The highest BCUT2D eigenvalue weighted by Crippen LogP contribution is 2.26. The molecule has 0 spiro atoms. The van der Waals surface area contributed by atoms with Gasteiger partial charge in [0.2, 0.25) is 11.8 Å². The van der Waals surface area contributed by atoms with Crippen LogP contribution in [0.1, 0.15) is 12.0 Å². The first-order valence-electron chi connectivity index (χ1n) is 7.61. The first-order chi connectivity index (χ1) is 11.5. The molecular formula is C18H16BrClN2O2. The van der Waals surface area contributed by atoms with Crippen LogP contribution >= 0.6 is 27.5 Å². The maximum Gasteiger partial charge on any atom is 0.227 e. The van der Waals surface area contributed by atoms with Crippen LogP contribution in [0, 0.1) is 5.92 Å². The molecular weight excluding hydrogens is 392 g/mol. The molecule has 2 aromatic rings. The number of benzene rings is 2. The predicted molar refractivity (Wildman–Crippen MR) is 97.9 cm³/mol. The molecule has 0 aliphatic carbocycles. The van der Waals surface area contributed by atoms with Gasteiger partial charge in [-0.1, -0.05) is 45.7 Å². The van der Waals surface area contributed by atoms with E-state index in [4.69, 9.17) is 11.6 Å². The van der Waals surface area contributed by atoms with Crippen molar-refractivity contribution in [2.45, 2.75) is 13.0 Å². The van der Waals surface area contributed by atoms with Gasteiger partial charge in [0.05, 0.1) is 5.92 Å². The molecule has 1 atom stereocenters. The van der Waals surface area contributed by atoms with Crippen molar-refractivity contribution in [2.24, 2.45) is 5.92 Å². The highest BCUT2D eigenvalue weighted by molar-refractivity contribution is 9.10. The van der Waals surface area contributed by atoms with E-state index in [0.717, 1.165) is 15.7 Å². The van der Waals surface area contributed by atoms with Crippen LogP contribution in [0.25, 0.3) is 0 Å². The molecule has 1 heterocycles. The fraction of sp³-hybridized carbons (Fsp3) is 0.222. The maximum absolute atomic E-state index is 12.4. The maximum atomic E-state index is 12.4. The van der Waals surface area contributed by atoms with Gasteiger partial charge in [-0.15, -0.1) is 0 Å². The lowest BCUT2D eigenvalue weighted by Crippen LogP contribution is -2.32. The molecule has 0 unspecified atom stereocenters. The van der Waals surface area contributed by atoms with Gasteiger partial charge in [-0.3, -0.25) is 9.59 Å². The largest absolute Gasteiger partial charge is 0.352 e. The Morgan fingerprint density at radius 3 is 2.62 bits per heavy atom. The van der Waals surface area contributed by atoms with E-state index in [1.165, 1.54) is 0 Å². The van der Waals surface area contributed by atoms with Crippen LogP contribution in [0.3, 0.4) is 0 Å². The second-order valence-electron chi connectivity index (χ2n) is 5.69. The summed E-state index contributed by atoms with van der Waals surface area (Å²) in [6.07, 6.45) is 0.227. The minimum atomic E-state index is -0.344. The van der Waals surface area contributed by atoms with E-state index in [1.54, 1.807) is 11.0 Å². The van der Waals surface area contributed by atoms with Crippen molar-refractivity contribution in [1.82, 2.24) is 5.32 Å². The van der Waals surface area contributed by atoms with Gasteiger partial charge in [-0.25, -0.2) is 0 Å². The average Bonchev–Trinajstić information content (AvgIpc) is 2.96. The molecule has 0 aromatic heterocycles. The number of anilines is 1. The van der Waals surface area contributed by atoms with E-state index < -0.39 is 0 Å². The molecule has 1 fully saturated rings. The number of carbonyl (C=O) groups excluding carboxylic acids is 2. The third-order valence-electron chi connectivity index (χ3n) is 4.05. The first-order valence-corrected chi connectivity index (χ1v) is 8.79. The SMILES string of the molecule is O=C(NCc1ccccc1Cl)[C@H]1CC(=O)N(c2ccc(Br)cc2)C1. The topological polar surface area (TPSA) is 49.4 Å². The van der Waals surface area contributed by atoms with Crippen molar-refractivity contribution in [3.8, 4) is 0 Å². The summed E-state index contributed by atoms with van der Waals surface area (Å²) >= 11 is 9.46. The molecule has 6 heteroatoms. The van der Waals surface area contributed by atoms with Gasteiger partial charge in [0.1, 0.15) is 0 Å². The highest BCUT2D eigenvalue weighted by Gasteiger charge is 2.34. The van der Waals surface area contributed by atoms with Crippen LogP contribution in [-0.2, 0) is 16.1 Å². The Hall–Kier alpha value is -1.85. The Balaban J connectivity index is 1.62. The van der Waals surface area contributed by atoms with E-state index >= 15 is 0 Å². The van der Waals surface area contributed by atoms with Gasteiger partial charge in [0.25, 0.3) is 0 Å². The van der Waals surface area contributed by atoms with Gasteiger partial charge in [-0.2, -0.15) is 0 Å². The van der Waals surface area contributed by atoms with E-state index in [2.05, 4.69) is 21.2 Å². The van der Waals surface area contributed by atoms with Gasteiger partial charge in [0.15, 0.2) is 0 Å². The second-order valence-corrected chi connectivity index (χ2v) is 7.01. The molecule has 0 saturated carbocycles. The van der Waals surface area contributed by atoms with Crippen LogP contribution in [0.2, 0.25) is 5.02 Å². The molecule has 1 saturated heterocycles. The Morgan fingerprint density at radius 1 is 1.21 bits per heavy atom. The number of hydrogen-bond donors (Lipinski definition) is 1. The molecule has 0 bridgehead atoms. The number of halogens is 2. The molecule has 1 aliphatic heterocycles. The Labute approximate surface area is 153 Å². The van der Waals surface area contributed by atoms with Gasteiger partial charge in [0, 0.05) is 34.7 Å². The summed E-state index contributed by atoms with van der Waals surface area (Å²) in [6, 6.07) is 14.9. The number of nitrogens with zero attached hydrogens (tertiary/aromatic N) is 1. The minimum absolute atomic E-state index is 0.0322. The lowest BCUT2D eigenvalue weighted by Gasteiger charge is -2.17. The summed E-state index contributed by atoms with van der Waals surface area (Å²) < 4.78 is 0.951. The summed E-state index contributed by atoms with van der Waals surface area (Å²) in [5, 5.41) is 3.50. The summed E-state index contributed by atoms with van der Waals surface area (Å²) in [5.74, 6) is -0.498. The van der Waals surface area contributed by atoms with Crippen LogP contribution < -0.4 is 10.2 Å². The first kappa shape index (κ1) is 17.0. The minimum Gasteiger partial charge on any atom is -0.352 e. The molecule has 1 aliphatic rings. The summed E-state index contributed by atoms with van der Waals surface area (Å²) in [4.78, 5) is 26.2. The zero-order valence-corrected chi connectivity index (χ0v) is 15.2. The third kappa shape index (κ3) is 3.79. The van der Waals surface area contributed by atoms with E-state index in [9.17, 15) is 9.59 Å². The Morgan fingerprint density at radius 2 is 1.92 bits per heavy atom. The fourth-order valence-corrected chi connectivity index (χ4v) is 3.19. The van der Waals surface area contributed by atoms with Crippen LogP contribution in [0.15, 0.2) is 53.0 Å². The van der Waals surface area contributed by atoms with Gasteiger partial charge >= 0.3 is 0 Å². The highest BCUT2D eigenvalue weighted by atomic mass is 79.9. The summed E-state index contributed by atoms with van der Waals surface area (Å²) in [5.41, 5.74) is 1.67. The monoisotopic (exact) mass is 406 g/mol. The van der Waals surface area contributed by atoms with E-state index in [0.29, 0.717) is 18.1 Å². The summed E-state index contributed by atoms with van der Waals surface area (Å²) in [6.45, 7) is 0.760. The summed E-state index contributed by atoms with van der Waals surface area (Å²) in [7, 11) is 0. The quantitative estimate of drug-likeness (QED) is 0.839. The van der Waals surface area contributed by atoms with Crippen molar-refractivity contribution < 1.29 is 9.59 Å². The lowest BCUT2D eigenvalue weighted by atomic mass is 10.1. The smallest absolute Gasteiger partial charge is 0.227 e. The molecule has 4 nitrogen and oxygen atoms in total. The number of carbonyl (C=O) groups is 2. The average molecular weight is 408 g/mol. The number of nitrogens with one attached hydrogen (secondary N) is 1. The molecule has 2 aromatic carbocycles.